The molecular formula is C40H66O4S. The molecular weight excluding hydrogens is 577 g/mol. The van der Waals surface area contributed by atoms with Gasteiger partial charge in [0.05, 0.1) is 7.11 Å². The summed E-state index contributed by atoms with van der Waals surface area (Å²) in [5.74, 6) is 2.81. The van der Waals surface area contributed by atoms with E-state index >= 15 is 0 Å². The molecule has 0 saturated heterocycles. The minimum absolute atomic E-state index is 0.346. The number of phenols is 2. The molecule has 0 aliphatic heterocycles. The van der Waals surface area contributed by atoms with E-state index in [2.05, 4.69) is 32.9 Å². The number of aryl methyl sites for hydroxylation is 5. The van der Waals surface area contributed by atoms with Gasteiger partial charge in [-0.1, -0.05) is 79.5 Å². The first-order valence-electron chi connectivity index (χ1n) is 16.6. The molecule has 256 valence electrons. The van der Waals surface area contributed by atoms with Crippen LogP contribution >= 0.6 is 11.8 Å². The van der Waals surface area contributed by atoms with Crippen LogP contribution in [0, 0.1) is 27.7 Å². The van der Waals surface area contributed by atoms with Crippen molar-refractivity contribution in [2.24, 2.45) is 0 Å². The van der Waals surface area contributed by atoms with Crippen molar-refractivity contribution in [3.05, 3.63) is 81.4 Å². The molecule has 0 aromatic heterocycles. The van der Waals surface area contributed by atoms with Crippen molar-refractivity contribution < 1.29 is 19.7 Å². The van der Waals surface area contributed by atoms with Gasteiger partial charge in [0.1, 0.15) is 17.1 Å². The molecule has 3 aromatic carbocycles. The highest BCUT2D eigenvalue weighted by Gasteiger charge is 2.26. The first-order chi connectivity index (χ1) is 21.2. The maximum absolute atomic E-state index is 10.0. The van der Waals surface area contributed by atoms with Gasteiger partial charge in [-0.15, -0.1) is 0 Å². The summed E-state index contributed by atoms with van der Waals surface area (Å²) >= 11 is 1.75. The number of benzene rings is 3. The van der Waals surface area contributed by atoms with Crippen LogP contribution in [-0.4, -0.2) is 29.8 Å². The number of hydrogen-bond acceptors (Lipinski definition) is 5. The normalized spacial score (nSPS) is 10.2. The summed E-state index contributed by atoms with van der Waals surface area (Å²) in [6.45, 7) is 26.3. The van der Waals surface area contributed by atoms with Gasteiger partial charge >= 0.3 is 0 Å². The summed E-state index contributed by atoms with van der Waals surface area (Å²) in [7, 11) is 1.68. The third-order valence-corrected chi connectivity index (χ3v) is 7.03. The highest BCUT2D eigenvalue weighted by molar-refractivity contribution is 7.97. The van der Waals surface area contributed by atoms with Gasteiger partial charge in [0.15, 0.2) is 11.5 Å². The Morgan fingerprint density at radius 2 is 1.18 bits per heavy atom. The van der Waals surface area contributed by atoms with Crippen LogP contribution in [0.5, 0.6) is 23.0 Å². The number of methoxy groups -OCH3 is 1. The van der Waals surface area contributed by atoms with Crippen LogP contribution in [0.15, 0.2) is 42.5 Å². The molecule has 45 heavy (non-hydrogen) atoms. The summed E-state index contributed by atoms with van der Waals surface area (Å²) in [6, 6.07) is 14.3. The van der Waals surface area contributed by atoms with Gasteiger partial charge in [-0.2, -0.15) is 11.8 Å². The van der Waals surface area contributed by atoms with Gasteiger partial charge < -0.3 is 19.7 Å². The van der Waals surface area contributed by atoms with E-state index in [1.54, 1.807) is 18.9 Å². The number of hydrogen-bond donors (Lipinski definition) is 2. The minimum atomic E-state index is -0.541. The average Bonchev–Trinajstić information content (AvgIpc) is 3.01. The Morgan fingerprint density at radius 1 is 0.733 bits per heavy atom. The molecule has 3 aromatic rings. The summed E-state index contributed by atoms with van der Waals surface area (Å²) in [5, 5.41) is 19.5. The Labute approximate surface area is 282 Å². The first-order valence-corrected chi connectivity index (χ1v) is 18.2. The standard InChI is InChI=1S/C23H32O3.C11H16O.C2H6S.2C2H6/c1-7-8-9-10-18-11-12-20(21(15-18)25-6)26-23(4,5)19-13-16(2)22(24)17(3)14-19;1-7(2)10-5-8(3)11(12)9(4)6-10;1-3-2;2*1-2/h11-15,24H,7-10H2,1-6H3;5-7,12H,1-4H3;1-2H3;2*1-2H3. The lowest BCUT2D eigenvalue weighted by atomic mass is 9.93. The fraction of sp³-hybridized carbons (Fsp3) is 0.550. The number of phenolic OH excluding ortho intramolecular Hbond substituents is 2. The van der Waals surface area contributed by atoms with Gasteiger partial charge in [-0.3, -0.25) is 0 Å². The zero-order valence-corrected chi connectivity index (χ0v) is 32.4. The van der Waals surface area contributed by atoms with E-state index in [9.17, 15) is 10.2 Å². The van der Waals surface area contributed by atoms with Crippen LogP contribution in [0.2, 0.25) is 0 Å². The van der Waals surface area contributed by atoms with Gasteiger partial charge in [-0.25, -0.2) is 0 Å². The van der Waals surface area contributed by atoms with E-state index in [-0.39, 0.29) is 0 Å². The number of rotatable bonds is 9. The van der Waals surface area contributed by atoms with E-state index in [1.807, 2.05) is 112 Å². The Balaban J connectivity index is 0. The van der Waals surface area contributed by atoms with Crippen molar-refractivity contribution in [3.8, 4) is 23.0 Å². The number of aromatic hydroxyl groups is 2. The van der Waals surface area contributed by atoms with Crippen LogP contribution in [0.4, 0.5) is 0 Å². The summed E-state index contributed by atoms with van der Waals surface area (Å²) in [4.78, 5) is 0. The Hall–Kier alpha value is -2.79. The molecule has 0 amide bonds. The third-order valence-electron chi connectivity index (χ3n) is 7.03. The minimum Gasteiger partial charge on any atom is -0.507 e. The van der Waals surface area contributed by atoms with Crippen molar-refractivity contribution in [2.75, 3.05) is 19.6 Å². The second-order valence-corrected chi connectivity index (χ2v) is 12.4. The lowest BCUT2D eigenvalue weighted by Gasteiger charge is -2.29. The lowest BCUT2D eigenvalue weighted by Crippen LogP contribution is -2.25. The van der Waals surface area contributed by atoms with Crippen molar-refractivity contribution >= 4 is 11.8 Å². The maximum Gasteiger partial charge on any atom is 0.162 e. The van der Waals surface area contributed by atoms with Crippen molar-refractivity contribution in [1.29, 1.82) is 0 Å². The Morgan fingerprint density at radius 3 is 1.58 bits per heavy atom. The predicted molar refractivity (Wildman–Crippen MR) is 201 cm³/mol. The fourth-order valence-electron chi connectivity index (χ4n) is 4.49. The average molecular weight is 643 g/mol. The van der Waals surface area contributed by atoms with Crippen molar-refractivity contribution in [3.63, 3.8) is 0 Å². The molecule has 0 heterocycles. The molecule has 0 bridgehead atoms. The van der Waals surface area contributed by atoms with Crippen LogP contribution in [0.3, 0.4) is 0 Å². The third kappa shape index (κ3) is 15.4. The molecule has 0 atom stereocenters. The van der Waals surface area contributed by atoms with E-state index < -0.39 is 5.60 Å². The molecule has 0 saturated carbocycles. The topological polar surface area (TPSA) is 58.9 Å². The zero-order chi connectivity index (χ0) is 35.3. The van der Waals surface area contributed by atoms with Crippen LogP contribution in [-0.2, 0) is 12.0 Å². The molecule has 2 N–H and O–H groups in total. The lowest BCUT2D eigenvalue weighted by molar-refractivity contribution is 0.104. The highest BCUT2D eigenvalue weighted by Crippen LogP contribution is 2.37. The summed E-state index contributed by atoms with van der Waals surface area (Å²) in [6.07, 6.45) is 8.80. The van der Waals surface area contributed by atoms with Gasteiger partial charge in [0.25, 0.3) is 0 Å². The van der Waals surface area contributed by atoms with Gasteiger partial charge in [0.2, 0.25) is 0 Å². The van der Waals surface area contributed by atoms with Crippen molar-refractivity contribution in [1.82, 2.24) is 0 Å². The zero-order valence-electron chi connectivity index (χ0n) is 31.6. The molecule has 3 rings (SSSR count). The Bertz CT molecular complexity index is 1180. The first kappa shape index (κ1) is 44.3. The summed E-state index contributed by atoms with van der Waals surface area (Å²) < 4.78 is 11.9. The van der Waals surface area contributed by atoms with Crippen molar-refractivity contribution in [2.45, 2.75) is 127 Å². The highest BCUT2D eigenvalue weighted by atomic mass is 32.2. The van der Waals surface area contributed by atoms with Crippen LogP contribution in [0.25, 0.3) is 0 Å². The van der Waals surface area contributed by atoms with Crippen LogP contribution in [0.1, 0.15) is 126 Å². The quantitative estimate of drug-likeness (QED) is 0.227. The molecule has 0 spiro atoms. The maximum atomic E-state index is 10.0. The molecule has 0 fully saturated rings. The molecule has 0 aliphatic carbocycles. The largest absolute Gasteiger partial charge is 0.507 e. The molecule has 0 radical (unpaired) electrons. The smallest absolute Gasteiger partial charge is 0.162 e. The van der Waals surface area contributed by atoms with E-state index in [4.69, 9.17) is 9.47 Å². The fourth-order valence-corrected chi connectivity index (χ4v) is 4.49. The molecule has 0 unspecified atom stereocenters. The second-order valence-electron chi connectivity index (χ2n) is 11.6. The summed E-state index contributed by atoms with van der Waals surface area (Å²) in [5.41, 5.74) is 6.71. The van der Waals surface area contributed by atoms with E-state index in [0.29, 0.717) is 17.4 Å². The Kier molecular flexibility index (Phi) is 23.2. The molecule has 4 nitrogen and oxygen atoms in total. The second kappa shape index (κ2) is 23.5. The molecule has 5 heteroatoms. The monoisotopic (exact) mass is 642 g/mol. The van der Waals surface area contributed by atoms with E-state index in [0.717, 1.165) is 45.7 Å². The van der Waals surface area contributed by atoms with E-state index in [1.165, 1.54) is 30.4 Å². The van der Waals surface area contributed by atoms with Crippen LogP contribution < -0.4 is 9.47 Å². The number of ether oxygens (including phenoxy) is 2. The SMILES string of the molecule is CC.CC.CCCCCc1ccc(OC(C)(C)c2cc(C)c(O)c(C)c2)c(OC)c1.CSC.Cc1cc(C(C)C)cc(C)c1O. The van der Waals surface area contributed by atoms with Gasteiger partial charge in [0, 0.05) is 0 Å². The predicted octanol–water partition coefficient (Wildman–Crippen LogP) is 12.2. The molecule has 0 aliphatic rings. The van der Waals surface area contributed by atoms with Gasteiger partial charge in [-0.05, 0) is 136 Å². The number of unbranched alkanes of at least 4 members (excludes halogenated alkanes) is 2. The number of thioether (sulfide) groups is 1.